The van der Waals surface area contributed by atoms with Crippen molar-refractivity contribution in [1.29, 1.82) is 0 Å². The molecule has 1 unspecified atom stereocenters. The highest BCUT2D eigenvalue weighted by molar-refractivity contribution is 5.74. The van der Waals surface area contributed by atoms with E-state index in [2.05, 4.69) is 10.3 Å². The first-order valence-corrected chi connectivity index (χ1v) is 7.91. The van der Waals surface area contributed by atoms with Gasteiger partial charge in [0, 0.05) is 32.0 Å². The zero-order chi connectivity index (χ0) is 14.7. The summed E-state index contributed by atoms with van der Waals surface area (Å²) >= 11 is 0. The van der Waals surface area contributed by atoms with Gasteiger partial charge in [0.05, 0.1) is 18.5 Å². The summed E-state index contributed by atoms with van der Waals surface area (Å²) in [5.41, 5.74) is 0. The van der Waals surface area contributed by atoms with Crippen molar-refractivity contribution >= 4 is 6.03 Å². The molecule has 3 rings (SSSR count). The van der Waals surface area contributed by atoms with E-state index in [0.29, 0.717) is 5.92 Å². The van der Waals surface area contributed by atoms with Crippen molar-refractivity contribution in [2.45, 2.75) is 50.8 Å². The number of hydrogen-bond acceptors (Lipinski definition) is 3. The van der Waals surface area contributed by atoms with Crippen LogP contribution in [-0.2, 0) is 6.54 Å². The van der Waals surface area contributed by atoms with Crippen LogP contribution in [0.4, 0.5) is 4.79 Å². The summed E-state index contributed by atoms with van der Waals surface area (Å²) in [4.78, 5) is 18.1. The Morgan fingerprint density at radius 2 is 2.10 bits per heavy atom. The molecular weight excluding hydrogens is 268 g/mol. The smallest absolute Gasteiger partial charge is 0.317 e. The summed E-state index contributed by atoms with van der Waals surface area (Å²) in [6, 6.07) is -0.130. The topological polar surface area (TPSA) is 70.4 Å². The van der Waals surface area contributed by atoms with Crippen LogP contribution in [0.3, 0.4) is 0 Å². The molecule has 0 aromatic carbocycles. The number of carbonyl (C=O) groups excluding carboxylic acids is 1. The van der Waals surface area contributed by atoms with Crippen LogP contribution in [0, 0.1) is 5.92 Å². The number of amides is 2. The normalized spacial score (nSPS) is 29.6. The van der Waals surface area contributed by atoms with Gasteiger partial charge in [-0.05, 0) is 38.0 Å². The molecule has 1 aromatic heterocycles. The summed E-state index contributed by atoms with van der Waals surface area (Å²) in [6.07, 6.45) is 10.0. The van der Waals surface area contributed by atoms with Crippen molar-refractivity contribution in [3.8, 4) is 0 Å². The Kier molecular flexibility index (Phi) is 4.43. The van der Waals surface area contributed by atoms with Crippen LogP contribution < -0.4 is 5.32 Å². The molecule has 2 fully saturated rings. The van der Waals surface area contributed by atoms with Crippen molar-refractivity contribution in [3.05, 3.63) is 18.7 Å². The molecule has 0 bridgehead atoms. The number of nitrogens with one attached hydrogen (secondary N) is 1. The van der Waals surface area contributed by atoms with E-state index in [0.717, 1.165) is 45.3 Å². The fourth-order valence-corrected chi connectivity index (χ4v) is 3.46. The highest BCUT2D eigenvalue weighted by Crippen LogP contribution is 2.27. The van der Waals surface area contributed by atoms with Gasteiger partial charge in [0.25, 0.3) is 0 Å². The number of piperidine rings is 1. The maximum atomic E-state index is 12.2. The third-order valence-corrected chi connectivity index (χ3v) is 4.61. The Labute approximate surface area is 125 Å². The number of hydrogen-bond donors (Lipinski definition) is 2. The molecule has 21 heavy (non-hydrogen) atoms. The molecule has 6 heteroatoms. The highest BCUT2D eigenvalue weighted by atomic mass is 16.3. The molecule has 1 saturated heterocycles. The molecule has 2 heterocycles. The predicted molar refractivity (Wildman–Crippen MR) is 78.7 cm³/mol. The van der Waals surface area contributed by atoms with Crippen molar-refractivity contribution in [3.63, 3.8) is 0 Å². The average Bonchev–Trinajstić information content (AvgIpc) is 3.11. The summed E-state index contributed by atoms with van der Waals surface area (Å²) < 4.78 is 2.03. The lowest BCUT2D eigenvalue weighted by atomic mass is 10.1. The van der Waals surface area contributed by atoms with E-state index in [1.165, 1.54) is 6.42 Å². The number of likely N-dealkylation sites (tertiary alicyclic amines) is 1. The second kappa shape index (κ2) is 6.47. The van der Waals surface area contributed by atoms with Crippen molar-refractivity contribution in [2.24, 2.45) is 5.92 Å². The minimum Gasteiger partial charge on any atom is -0.391 e. The number of aliphatic hydroxyl groups excluding tert-OH is 1. The Bertz CT molecular complexity index is 456. The quantitative estimate of drug-likeness (QED) is 0.880. The third kappa shape index (κ3) is 3.56. The number of rotatable bonds is 3. The van der Waals surface area contributed by atoms with Crippen molar-refractivity contribution in [1.82, 2.24) is 19.8 Å². The summed E-state index contributed by atoms with van der Waals surface area (Å²) in [5, 5.41) is 13.2. The van der Waals surface area contributed by atoms with Crippen LogP contribution in [0.2, 0.25) is 0 Å². The molecule has 1 saturated carbocycles. The van der Waals surface area contributed by atoms with Crippen molar-refractivity contribution < 1.29 is 9.90 Å². The molecular formula is C15H24N4O2. The van der Waals surface area contributed by atoms with Gasteiger partial charge < -0.3 is 19.9 Å². The number of carbonyl (C=O) groups is 1. The molecule has 0 radical (unpaired) electrons. The largest absolute Gasteiger partial charge is 0.391 e. The monoisotopic (exact) mass is 292 g/mol. The number of imidazole rings is 1. The van der Waals surface area contributed by atoms with Gasteiger partial charge in [-0.3, -0.25) is 0 Å². The molecule has 1 aromatic rings. The molecule has 1 aliphatic heterocycles. The first kappa shape index (κ1) is 14.4. The Morgan fingerprint density at radius 1 is 1.29 bits per heavy atom. The lowest BCUT2D eigenvalue weighted by molar-refractivity contribution is 0.136. The fourth-order valence-electron chi connectivity index (χ4n) is 3.46. The van der Waals surface area contributed by atoms with E-state index < -0.39 is 6.10 Å². The fraction of sp³-hybridized carbons (Fsp3) is 0.733. The molecule has 116 valence electrons. The molecule has 0 spiro atoms. The van der Waals surface area contributed by atoms with Gasteiger partial charge >= 0.3 is 6.03 Å². The van der Waals surface area contributed by atoms with E-state index in [9.17, 15) is 9.90 Å². The molecule has 3 atom stereocenters. The molecule has 6 nitrogen and oxygen atoms in total. The van der Waals surface area contributed by atoms with E-state index >= 15 is 0 Å². The lowest BCUT2D eigenvalue weighted by Crippen LogP contribution is -2.49. The summed E-state index contributed by atoms with van der Waals surface area (Å²) in [6.45, 7) is 2.54. The van der Waals surface area contributed by atoms with E-state index in [4.69, 9.17) is 0 Å². The summed E-state index contributed by atoms with van der Waals surface area (Å²) in [5.74, 6) is 0.390. The Balaban J connectivity index is 1.50. The van der Waals surface area contributed by atoms with Gasteiger partial charge in [0.2, 0.25) is 0 Å². The zero-order valence-electron chi connectivity index (χ0n) is 12.3. The van der Waals surface area contributed by atoms with E-state index in [1.807, 2.05) is 15.7 Å². The lowest BCUT2D eigenvalue weighted by Gasteiger charge is -2.29. The molecule has 2 aliphatic rings. The van der Waals surface area contributed by atoms with Gasteiger partial charge in [0.1, 0.15) is 0 Å². The van der Waals surface area contributed by atoms with E-state index in [1.54, 1.807) is 12.5 Å². The highest BCUT2D eigenvalue weighted by Gasteiger charge is 2.34. The van der Waals surface area contributed by atoms with Gasteiger partial charge in [-0.25, -0.2) is 9.78 Å². The van der Waals surface area contributed by atoms with E-state index in [-0.39, 0.29) is 12.1 Å². The average molecular weight is 292 g/mol. The van der Waals surface area contributed by atoms with Gasteiger partial charge in [0.15, 0.2) is 0 Å². The van der Waals surface area contributed by atoms with Crippen molar-refractivity contribution in [2.75, 3.05) is 13.1 Å². The third-order valence-electron chi connectivity index (χ3n) is 4.61. The zero-order valence-corrected chi connectivity index (χ0v) is 12.3. The molecule has 2 N–H and O–H groups in total. The van der Waals surface area contributed by atoms with Crippen LogP contribution >= 0.6 is 0 Å². The SMILES string of the molecule is O=C(N[C@@H]1CC(Cn2ccnc2)C[C@H]1O)N1CCCCC1. The Morgan fingerprint density at radius 3 is 2.81 bits per heavy atom. The maximum absolute atomic E-state index is 12.2. The van der Waals surface area contributed by atoms with Crippen LogP contribution in [0.25, 0.3) is 0 Å². The first-order chi connectivity index (χ1) is 10.2. The second-order valence-corrected chi connectivity index (χ2v) is 6.27. The number of urea groups is 1. The molecule has 2 amide bonds. The minimum atomic E-state index is -0.438. The second-order valence-electron chi connectivity index (χ2n) is 6.27. The van der Waals surface area contributed by atoms with Crippen LogP contribution in [0.5, 0.6) is 0 Å². The maximum Gasteiger partial charge on any atom is 0.317 e. The molecule has 1 aliphatic carbocycles. The number of aliphatic hydroxyl groups is 1. The number of nitrogens with zero attached hydrogens (tertiary/aromatic N) is 3. The minimum absolute atomic E-state index is 0.0120. The predicted octanol–water partition coefficient (Wildman–Crippen LogP) is 1.22. The number of aromatic nitrogens is 2. The van der Waals surface area contributed by atoms with Gasteiger partial charge in [-0.2, -0.15) is 0 Å². The van der Waals surface area contributed by atoms with Gasteiger partial charge in [-0.1, -0.05) is 0 Å². The first-order valence-electron chi connectivity index (χ1n) is 7.91. The van der Waals surface area contributed by atoms with Gasteiger partial charge in [-0.15, -0.1) is 0 Å². The van der Waals surface area contributed by atoms with Crippen LogP contribution in [0.1, 0.15) is 32.1 Å². The Hall–Kier alpha value is -1.56. The van der Waals surface area contributed by atoms with Crippen LogP contribution in [0.15, 0.2) is 18.7 Å². The summed E-state index contributed by atoms with van der Waals surface area (Å²) in [7, 11) is 0. The van der Waals surface area contributed by atoms with Crippen LogP contribution in [-0.4, -0.2) is 50.8 Å². The standard InChI is InChI=1S/C15H24N4O2/c20-14-9-12(10-18-7-4-16-11-18)8-13(14)17-15(21)19-5-2-1-3-6-19/h4,7,11-14,20H,1-3,5-6,8-10H2,(H,17,21)/t12?,13-,14-/m1/s1.